The normalized spacial score (nSPS) is 10.3. The average molecular weight is 341 g/mol. The van der Waals surface area contributed by atoms with E-state index in [1.54, 1.807) is 36.5 Å². The van der Waals surface area contributed by atoms with Gasteiger partial charge in [-0.25, -0.2) is 9.97 Å². The number of rotatable bonds is 4. The van der Waals surface area contributed by atoms with Crippen LogP contribution in [0.5, 0.6) is 0 Å². The molecule has 2 aromatic heterocycles. The van der Waals surface area contributed by atoms with Crippen molar-refractivity contribution in [2.75, 3.05) is 19.4 Å². The fourth-order valence-electron chi connectivity index (χ4n) is 1.51. The van der Waals surface area contributed by atoms with Crippen LogP contribution in [0.2, 0.25) is 0 Å². The van der Waals surface area contributed by atoms with E-state index >= 15 is 0 Å². The van der Waals surface area contributed by atoms with E-state index < -0.39 is 0 Å². The molecule has 0 aliphatic rings. The Morgan fingerprint density at radius 3 is 2.79 bits per heavy atom. The third-order valence-corrected chi connectivity index (χ3v) is 4.17. The summed E-state index contributed by atoms with van der Waals surface area (Å²) >= 11 is 5.01. The molecule has 100 valence electrons. The number of nitrogens with zero attached hydrogens (tertiary/aromatic N) is 3. The first-order chi connectivity index (χ1) is 9.10. The summed E-state index contributed by atoms with van der Waals surface area (Å²) in [4.78, 5) is 23.1. The molecule has 2 heterocycles. The molecule has 0 radical (unpaired) electrons. The third kappa shape index (κ3) is 3.51. The van der Waals surface area contributed by atoms with Crippen LogP contribution in [-0.2, 0) is 6.54 Å². The maximum atomic E-state index is 12.2. The van der Waals surface area contributed by atoms with Gasteiger partial charge in [-0.1, -0.05) is 0 Å². The van der Waals surface area contributed by atoms with Crippen molar-refractivity contribution in [3.63, 3.8) is 0 Å². The Kier molecular flexibility index (Phi) is 4.49. The van der Waals surface area contributed by atoms with Crippen molar-refractivity contribution in [3.05, 3.63) is 38.9 Å². The molecule has 0 aromatic carbocycles. The Bertz CT molecular complexity index is 569. The number of hydrogen-bond acceptors (Lipinski definition) is 5. The maximum Gasteiger partial charge on any atom is 0.274 e. The quantitative estimate of drug-likeness (QED) is 0.929. The summed E-state index contributed by atoms with van der Waals surface area (Å²) in [6, 6.07) is 2.00. The van der Waals surface area contributed by atoms with Crippen molar-refractivity contribution in [1.82, 2.24) is 14.9 Å². The number of nitrogens with one attached hydrogen (secondary N) is 1. The van der Waals surface area contributed by atoms with Gasteiger partial charge in [0.15, 0.2) is 0 Å². The fraction of sp³-hybridized carbons (Fsp3) is 0.250. The molecule has 2 rings (SSSR count). The Hall–Kier alpha value is -1.47. The highest BCUT2D eigenvalue weighted by molar-refractivity contribution is 9.10. The number of halogens is 1. The molecule has 0 bridgehead atoms. The van der Waals surface area contributed by atoms with E-state index in [1.165, 1.54) is 6.20 Å². The molecule has 0 aliphatic heterocycles. The zero-order valence-corrected chi connectivity index (χ0v) is 13.0. The minimum atomic E-state index is -0.139. The van der Waals surface area contributed by atoms with Crippen molar-refractivity contribution in [2.45, 2.75) is 6.54 Å². The van der Waals surface area contributed by atoms with Gasteiger partial charge >= 0.3 is 0 Å². The van der Waals surface area contributed by atoms with E-state index in [4.69, 9.17) is 0 Å². The van der Waals surface area contributed by atoms with Crippen LogP contribution < -0.4 is 5.32 Å². The third-order valence-electron chi connectivity index (χ3n) is 2.49. The number of amides is 1. The largest absolute Gasteiger partial charge is 0.372 e. The summed E-state index contributed by atoms with van der Waals surface area (Å²) in [5.41, 5.74) is 0.345. The van der Waals surface area contributed by atoms with Gasteiger partial charge in [0.2, 0.25) is 0 Å². The first-order valence-electron chi connectivity index (χ1n) is 5.58. The summed E-state index contributed by atoms with van der Waals surface area (Å²) in [5, 5.41) is 4.86. The fourth-order valence-corrected chi connectivity index (χ4v) is 3.01. The van der Waals surface area contributed by atoms with Crippen molar-refractivity contribution >= 4 is 39.0 Å². The Morgan fingerprint density at radius 2 is 2.26 bits per heavy atom. The first-order valence-corrected chi connectivity index (χ1v) is 7.25. The van der Waals surface area contributed by atoms with E-state index in [1.807, 2.05) is 11.4 Å². The zero-order valence-electron chi connectivity index (χ0n) is 10.6. The van der Waals surface area contributed by atoms with Gasteiger partial charge in [-0.2, -0.15) is 0 Å². The Morgan fingerprint density at radius 1 is 1.47 bits per heavy atom. The second-order valence-electron chi connectivity index (χ2n) is 3.93. The predicted molar refractivity (Wildman–Crippen MR) is 79.4 cm³/mol. The summed E-state index contributed by atoms with van der Waals surface area (Å²) < 4.78 is 1.03. The molecule has 5 nitrogen and oxygen atoms in total. The minimum absolute atomic E-state index is 0.139. The van der Waals surface area contributed by atoms with Gasteiger partial charge in [0, 0.05) is 28.8 Å². The summed E-state index contributed by atoms with van der Waals surface area (Å²) in [7, 11) is 3.51. The van der Waals surface area contributed by atoms with Gasteiger partial charge in [-0.05, 0) is 22.0 Å². The summed E-state index contributed by atoms with van der Waals surface area (Å²) in [6.07, 6.45) is 3.03. The molecule has 0 fully saturated rings. The predicted octanol–water partition coefficient (Wildman–Crippen LogP) is 2.61. The van der Waals surface area contributed by atoms with E-state index in [9.17, 15) is 4.79 Å². The number of hydrogen-bond donors (Lipinski definition) is 1. The lowest BCUT2D eigenvalue weighted by Gasteiger charge is -2.15. The monoisotopic (exact) mass is 340 g/mol. The lowest BCUT2D eigenvalue weighted by Crippen LogP contribution is -2.26. The number of thiophene rings is 1. The van der Waals surface area contributed by atoms with Crippen LogP contribution in [0, 0.1) is 0 Å². The SMILES string of the molecule is CNc1cnc(C(=O)N(C)Cc2cc(Br)cs2)cn1. The van der Waals surface area contributed by atoms with Crippen molar-refractivity contribution in [2.24, 2.45) is 0 Å². The molecule has 0 aliphatic carbocycles. The highest BCUT2D eigenvalue weighted by atomic mass is 79.9. The van der Waals surface area contributed by atoms with Crippen molar-refractivity contribution in [1.29, 1.82) is 0 Å². The van der Waals surface area contributed by atoms with Crippen LogP contribution in [0.25, 0.3) is 0 Å². The van der Waals surface area contributed by atoms with Gasteiger partial charge in [-0.15, -0.1) is 11.3 Å². The molecule has 19 heavy (non-hydrogen) atoms. The first kappa shape index (κ1) is 14.0. The number of aromatic nitrogens is 2. The maximum absolute atomic E-state index is 12.2. The molecule has 0 atom stereocenters. The summed E-state index contributed by atoms with van der Waals surface area (Å²) in [5.74, 6) is 0.501. The van der Waals surface area contributed by atoms with Crippen LogP contribution >= 0.6 is 27.3 Å². The Labute approximate surface area is 123 Å². The second-order valence-corrected chi connectivity index (χ2v) is 5.84. The van der Waals surface area contributed by atoms with Crippen molar-refractivity contribution in [3.8, 4) is 0 Å². The number of anilines is 1. The van der Waals surface area contributed by atoms with Gasteiger partial charge in [0.1, 0.15) is 11.5 Å². The standard InChI is InChI=1S/C12H13BrN4OS/c1-14-11-5-15-10(4-16-11)12(18)17(2)6-9-3-8(13)7-19-9/h3-5,7H,6H2,1-2H3,(H,14,16). The lowest BCUT2D eigenvalue weighted by atomic mass is 10.3. The average Bonchev–Trinajstić information content (AvgIpc) is 2.83. The van der Waals surface area contributed by atoms with E-state index in [-0.39, 0.29) is 5.91 Å². The van der Waals surface area contributed by atoms with Gasteiger partial charge in [-0.3, -0.25) is 4.79 Å². The van der Waals surface area contributed by atoms with Gasteiger partial charge < -0.3 is 10.2 Å². The van der Waals surface area contributed by atoms with E-state index in [2.05, 4.69) is 31.2 Å². The smallest absolute Gasteiger partial charge is 0.274 e. The molecule has 0 spiro atoms. The number of carbonyl (C=O) groups excluding carboxylic acids is 1. The summed E-state index contributed by atoms with van der Waals surface area (Å²) in [6.45, 7) is 0.560. The molecule has 0 unspecified atom stereocenters. The topological polar surface area (TPSA) is 58.1 Å². The van der Waals surface area contributed by atoms with Crippen LogP contribution in [0.4, 0.5) is 5.82 Å². The molecule has 1 N–H and O–H groups in total. The molecule has 0 saturated carbocycles. The van der Waals surface area contributed by atoms with E-state index in [0.29, 0.717) is 18.1 Å². The second kappa shape index (κ2) is 6.12. The number of carbonyl (C=O) groups is 1. The molecule has 1 amide bonds. The minimum Gasteiger partial charge on any atom is -0.372 e. The van der Waals surface area contributed by atoms with Crippen LogP contribution in [-0.4, -0.2) is 34.9 Å². The highest BCUT2D eigenvalue weighted by Crippen LogP contribution is 2.21. The van der Waals surface area contributed by atoms with Crippen molar-refractivity contribution < 1.29 is 4.79 Å². The van der Waals surface area contributed by atoms with Crippen LogP contribution in [0.1, 0.15) is 15.4 Å². The molecular weight excluding hydrogens is 328 g/mol. The molecule has 2 aromatic rings. The van der Waals surface area contributed by atoms with Crippen LogP contribution in [0.3, 0.4) is 0 Å². The van der Waals surface area contributed by atoms with Gasteiger partial charge in [0.05, 0.1) is 18.9 Å². The van der Waals surface area contributed by atoms with Crippen LogP contribution in [0.15, 0.2) is 28.3 Å². The van der Waals surface area contributed by atoms with E-state index in [0.717, 1.165) is 9.35 Å². The molecular formula is C12H13BrN4OS. The zero-order chi connectivity index (χ0) is 13.8. The lowest BCUT2D eigenvalue weighted by molar-refractivity contribution is 0.0780. The Balaban J connectivity index is 2.05. The highest BCUT2D eigenvalue weighted by Gasteiger charge is 2.14. The molecule has 7 heteroatoms. The molecule has 0 saturated heterocycles. The van der Waals surface area contributed by atoms with Gasteiger partial charge in [0.25, 0.3) is 5.91 Å².